The lowest BCUT2D eigenvalue weighted by molar-refractivity contribution is 1.03. The number of hydrogen-bond acceptors (Lipinski definition) is 2. The van der Waals surface area contributed by atoms with Crippen LogP contribution in [-0.2, 0) is 0 Å². The molecule has 0 saturated heterocycles. The van der Waals surface area contributed by atoms with Crippen LogP contribution in [0, 0.1) is 0 Å². The highest BCUT2D eigenvalue weighted by atomic mass is 35.5. The summed E-state index contributed by atoms with van der Waals surface area (Å²) in [7, 11) is 0. The van der Waals surface area contributed by atoms with E-state index in [1.165, 1.54) is 12.8 Å². The summed E-state index contributed by atoms with van der Waals surface area (Å²) in [5.41, 5.74) is 1.93. The molecule has 0 spiro atoms. The minimum absolute atomic E-state index is 0.667. The Bertz CT molecular complexity index is 492. The number of fused-ring (bicyclic) bond motifs is 1. The standard InChI is InChI=1S/C11H9ClN2/c12-9-5-6-13-11-8(9)3-4-10(14-11)7-1-2-7/h3-7H,1-2H2. The van der Waals surface area contributed by atoms with Gasteiger partial charge in [0.1, 0.15) is 0 Å². The monoisotopic (exact) mass is 204 g/mol. The smallest absolute Gasteiger partial charge is 0.160 e. The summed E-state index contributed by atoms with van der Waals surface area (Å²) >= 11 is 6.02. The largest absolute Gasteiger partial charge is 0.237 e. The average Bonchev–Trinajstić information content (AvgIpc) is 3.01. The highest BCUT2D eigenvalue weighted by molar-refractivity contribution is 6.35. The van der Waals surface area contributed by atoms with Crippen molar-refractivity contribution in [1.82, 2.24) is 9.97 Å². The molecule has 0 aliphatic heterocycles. The van der Waals surface area contributed by atoms with Crippen molar-refractivity contribution in [2.75, 3.05) is 0 Å². The molecule has 0 bridgehead atoms. The summed E-state index contributed by atoms with van der Waals surface area (Å²) in [4.78, 5) is 8.72. The maximum atomic E-state index is 6.02. The Hall–Kier alpha value is -1.15. The van der Waals surface area contributed by atoms with Gasteiger partial charge in [-0.05, 0) is 31.0 Å². The zero-order chi connectivity index (χ0) is 9.54. The third-order valence-electron chi connectivity index (χ3n) is 2.57. The van der Waals surface area contributed by atoms with Gasteiger partial charge in [-0.1, -0.05) is 11.6 Å². The third kappa shape index (κ3) is 1.26. The predicted octanol–water partition coefficient (Wildman–Crippen LogP) is 3.16. The molecule has 2 nitrogen and oxygen atoms in total. The van der Waals surface area contributed by atoms with E-state index < -0.39 is 0 Å². The molecule has 0 amide bonds. The van der Waals surface area contributed by atoms with E-state index in [4.69, 9.17) is 11.6 Å². The first-order valence-corrected chi connectivity index (χ1v) is 5.13. The molecule has 1 fully saturated rings. The molecule has 2 aromatic heterocycles. The Balaban J connectivity index is 2.23. The third-order valence-corrected chi connectivity index (χ3v) is 2.90. The van der Waals surface area contributed by atoms with Crippen LogP contribution >= 0.6 is 11.6 Å². The van der Waals surface area contributed by atoms with Crippen LogP contribution in [0.2, 0.25) is 5.02 Å². The maximum Gasteiger partial charge on any atom is 0.160 e. The summed E-state index contributed by atoms with van der Waals surface area (Å²) in [5, 5.41) is 1.67. The van der Waals surface area contributed by atoms with Crippen LogP contribution < -0.4 is 0 Å². The second-order valence-electron chi connectivity index (χ2n) is 3.67. The predicted molar refractivity (Wildman–Crippen MR) is 56.5 cm³/mol. The first-order valence-electron chi connectivity index (χ1n) is 4.76. The molecule has 2 heterocycles. The molecular formula is C11H9ClN2. The maximum absolute atomic E-state index is 6.02. The van der Waals surface area contributed by atoms with Crippen molar-refractivity contribution < 1.29 is 0 Å². The molecule has 0 unspecified atom stereocenters. The number of aromatic nitrogens is 2. The van der Waals surface area contributed by atoms with Gasteiger partial charge in [0.25, 0.3) is 0 Å². The fourth-order valence-corrected chi connectivity index (χ4v) is 1.82. The summed E-state index contributed by atoms with van der Waals surface area (Å²) < 4.78 is 0. The minimum Gasteiger partial charge on any atom is -0.237 e. The second kappa shape index (κ2) is 2.92. The van der Waals surface area contributed by atoms with E-state index in [0.717, 1.165) is 21.7 Å². The molecule has 0 N–H and O–H groups in total. The summed E-state index contributed by atoms with van der Waals surface area (Å²) in [6, 6.07) is 5.88. The summed E-state index contributed by atoms with van der Waals surface area (Å²) in [5.74, 6) is 0.667. The molecule has 3 rings (SSSR count). The van der Waals surface area contributed by atoms with Crippen LogP contribution in [0.4, 0.5) is 0 Å². The van der Waals surface area contributed by atoms with E-state index in [1.54, 1.807) is 12.3 Å². The Kier molecular flexibility index (Phi) is 1.71. The average molecular weight is 205 g/mol. The molecule has 0 radical (unpaired) electrons. The lowest BCUT2D eigenvalue weighted by Gasteiger charge is -2.01. The van der Waals surface area contributed by atoms with Crippen molar-refractivity contribution in [1.29, 1.82) is 0 Å². The van der Waals surface area contributed by atoms with Crippen molar-refractivity contribution in [3.05, 3.63) is 35.1 Å². The van der Waals surface area contributed by atoms with Crippen LogP contribution in [0.25, 0.3) is 11.0 Å². The number of rotatable bonds is 1. The van der Waals surface area contributed by atoms with Gasteiger partial charge in [0.15, 0.2) is 5.65 Å². The quantitative estimate of drug-likeness (QED) is 0.713. The van der Waals surface area contributed by atoms with E-state index in [1.807, 2.05) is 6.07 Å². The van der Waals surface area contributed by atoms with E-state index in [9.17, 15) is 0 Å². The van der Waals surface area contributed by atoms with Gasteiger partial charge < -0.3 is 0 Å². The highest BCUT2D eigenvalue weighted by Crippen LogP contribution is 2.39. The molecule has 70 valence electrons. The minimum atomic E-state index is 0.667. The summed E-state index contributed by atoms with van der Waals surface area (Å²) in [6.45, 7) is 0. The first kappa shape index (κ1) is 8.18. The van der Waals surface area contributed by atoms with Crippen molar-refractivity contribution in [2.45, 2.75) is 18.8 Å². The topological polar surface area (TPSA) is 25.8 Å². The Morgan fingerprint density at radius 1 is 1.21 bits per heavy atom. The molecular weight excluding hydrogens is 196 g/mol. The molecule has 1 aliphatic carbocycles. The highest BCUT2D eigenvalue weighted by Gasteiger charge is 2.25. The number of pyridine rings is 2. The van der Waals surface area contributed by atoms with Gasteiger partial charge >= 0.3 is 0 Å². The van der Waals surface area contributed by atoms with Crippen molar-refractivity contribution in [2.24, 2.45) is 0 Å². The lowest BCUT2D eigenvalue weighted by atomic mass is 10.2. The van der Waals surface area contributed by atoms with Crippen LogP contribution in [0.3, 0.4) is 0 Å². The number of hydrogen-bond donors (Lipinski definition) is 0. The van der Waals surface area contributed by atoms with Crippen LogP contribution in [0.5, 0.6) is 0 Å². The van der Waals surface area contributed by atoms with Crippen molar-refractivity contribution in [3.63, 3.8) is 0 Å². The first-order chi connectivity index (χ1) is 6.84. The molecule has 0 aromatic carbocycles. The van der Waals surface area contributed by atoms with E-state index in [0.29, 0.717) is 5.92 Å². The van der Waals surface area contributed by atoms with Gasteiger partial charge in [-0.15, -0.1) is 0 Å². The van der Waals surface area contributed by atoms with E-state index >= 15 is 0 Å². The van der Waals surface area contributed by atoms with Crippen molar-refractivity contribution in [3.8, 4) is 0 Å². The van der Waals surface area contributed by atoms with Crippen LogP contribution in [-0.4, -0.2) is 9.97 Å². The fraction of sp³-hybridized carbons (Fsp3) is 0.273. The lowest BCUT2D eigenvalue weighted by Crippen LogP contribution is -1.89. The summed E-state index contributed by atoms with van der Waals surface area (Å²) in [6.07, 6.45) is 4.23. The van der Waals surface area contributed by atoms with Gasteiger partial charge in [-0.2, -0.15) is 0 Å². The van der Waals surface area contributed by atoms with Gasteiger partial charge in [0.05, 0.1) is 5.02 Å². The molecule has 1 aliphatic rings. The van der Waals surface area contributed by atoms with Gasteiger partial charge in [-0.25, -0.2) is 9.97 Å². The van der Waals surface area contributed by atoms with Gasteiger partial charge in [0, 0.05) is 23.2 Å². The van der Waals surface area contributed by atoms with E-state index in [2.05, 4.69) is 16.0 Å². The molecule has 14 heavy (non-hydrogen) atoms. The Morgan fingerprint density at radius 2 is 2.07 bits per heavy atom. The molecule has 1 saturated carbocycles. The van der Waals surface area contributed by atoms with Crippen molar-refractivity contribution >= 4 is 22.6 Å². The molecule has 0 atom stereocenters. The number of halogens is 1. The Labute approximate surface area is 86.9 Å². The Morgan fingerprint density at radius 3 is 2.86 bits per heavy atom. The normalized spacial score (nSPS) is 16.1. The van der Waals surface area contributed by atoms with Crippen LogP contribution in [0.1, 0.15) is 24.5 Å². The SMILES string of the molecule is Clc1ccnc2nc(C3CC3)ccc12. The zero-order valence-electron chi connectivity index (χ0n) is 7.57. The molecule has 3 heteroatoms. The zero-order valence-corrected chi connectivity index (χ0v) is 8.33. The second-order valence-corrected chi connectivity index (χ2v) is 4.08. The van der Waals surface area contributed by atoms with Crippen LogP contribution in [0.15, 0.2) is 24.4 Å². The molecule has 2 aromatic rings. The van der Waals surface area contributed by atoms with Gasteiger partial charge in [0.2, 0.25) is 0 Å². The number of nitrogens with zero attached hydrogens (tertiary/aromatic N) is 2. The fourth-order valence-electron chi connectivity index (χ4n) is 1.62. The van der Waals surface area contributed by atoms with E-state index in [-0.39, 0.29) is 0 Å². The van der Waals surface area contributed by atoms with Gasteiger partial charge in [-0.3, -0.25) is 0 Å².